The highest BCUT2D eigenvalue weighted by Crippen LogP contribution is 2.53. The Morgan fingerprint density at radius 2 is 1.95 bits per heavy atom. The molecule has 124 valence electrons. The number of carbonyl (C=O) groups excluding carboxylic acids is 1. The van der Waals surface area contributed by atoms with Gasteiger partial charge in [-0.3, -0.25) is 9.65 Å². The van der Waals surface area contributed by atoms with Gasteiger partial charge in [0.1, 0.15) is 0 Å². The Balaban J connectivity index is 2.52. The van der Waals surface area contributed by atoms with Crippen LogP contribution in [0.2, 0.25) is 0 Å². The van der Waals surface area contributed by atoms with Gasteiger partial charge in [0.05, 0.1) is 0 Å². The molecule has 0 bridgehead atoms. The van der Waals surface area contributed by atoms with Crippen molar-refractivity contribution >= 4 is 41.6 Å². The van der Waals surface area contributed by atoms with E-state index in [-0.39, 0.29) is 5.25 Å². The Morgan fingerprint density at radius 3 is 2.50 bits per heavy atom. The number of urea groups is 1. The number of anilines is 1. The van der Waals surface area contributed by atoms with Crippen molar-refractivity contribution in [3.63, 3.8) is 0 Å². The summed E-state index contributed by atoms with van der Waals surface area (Å²) >= 11 is 2.64. The Labute approximate surface area is 140 Å². The van der Waals surface area contributed by atoms with E-state index in [0.29, 0.717) is 5.69 Å². The molecular formula is C14H23N2O3PS2. The average molecular weight is 362 g/mol. The van der Waals surface area contributed by atoms with Crippen LogP contribution in [0.3, 0.4) is 0 Å². The molecule has 0 radical (unpaired) electrons. The van der Waals surface area contributed by atoms with Gasteiger partial charge in [0, 0.05) is 15.8 Å². The van der Waals surface area contributed by atoms with Crippen LogP contribution in [0.5, 0.6) is 0 Å². The summed E-state index contributed by atoms with van der Waals surface area (Å²) < 4.78 is 11.9. The van der Waals surface area contributed by atoms with Gasteiger partial charge in [-0.1, -0.05) is 20.8 Å². The maximum atomic E-state index is 11.9. The summed E-state index contributed by atoms with van der Waals surface area (Å²) in [7, 11) is 0. The van der Waals surface area contributed by atoms with Gasteiger partial charge in [0.25, 0.3) is 0 Å². The zero-order valence-electron chi connectivity index (χ0n) is 13.0. The Morgan fingerprint density at radius 1 is 1.32 bits per heavy atom. The van der Waals surface area contributed by atoms with E-state index in [1.54, 1.807) is 23.9 Å². The molecule has 1 aromatic rings. The quantitative estimate of drug-likeness (QED) is 0.451. The van der Waals surface area contributed by atoms with E-state index < -0.39 is 12.8 Å². The minimum absolute atomic E-state index is 0.00556. The first-order valence-corrected chi connectivity index (χ1v) is 11.3. The van der Waals surface area contributed by atoms with E-state index >= 15 is 0 Å². The lowest BCUT2D eigenvalue weighted by molar-refractivity contribution is 0.256. The fourth-order valence-corrected chi connectivity index (χ4v) is 5.57. The summed E-state index contributed by atoms with van der Waals surface area (Å²) in [5, 5.41) is 4.71. The number of benzene rings is 1. The molecule has 0 spiro atoms. The fraction of sp³-hybridized carbons (Fsp3) is 0.500. The van der Waals surface area contributed by atoms with Gasteiger partial charge in [-0.15, -0.1) is 11.8 Å². The van der Waals surface area contributed by atoms with Gasteiger partial charge in [0.2, 0.25) is 0 Å². The molecule has 2 atom stereocenters. The molecule has 8 heteroatoms. The van der Waals surface area contributed by atoms with E-state index in [1.807, 2.05) is 26.0 Å². The number of thioether (sulfide) groups is 1. The van der Waals surface area contributed by atoms with Crippen LogP contribution in [0, 0.1) is 0 Å². The zero-order chi connectivity index (χ0) is 16.6. The third kappa shape index (κ3) is 7.58. The van der Waals surface area contributed by atoms with Gasteiger partial charge in [-0.05, 0) is 54.2 Å². The van der Waals surface area contributed by atoms with Crippen LogP contribution in [0.4, 0.5) is 10.5 Å². The van der Waals surface area contributed by atoms with Crippen LogP contribution in [0.15, 0.2) is 29.2 Å². The number of carbonyl (C=O) groups is 1. The number of amides is 2. The fourth-order valence-electron chi connectivity index (χ4n) is 1.49. The van der Waals surface area contributed by atoms with Gasteiger partial charge in [-0.25, -0.2) is 4.79 Å². The smallest absolute Gasteiger partial charge is 0.321 e. The monoisotopic (exact) mass is 362 g/mol. The Hall–Kier alpha value is -0.620. The molecule has 5 nitrogen and oxygen atoms in total. The summed E-state index contributed by atoms with van der Waals surface area (Å²) in [5.41, 5.74) is 0.590. The zero-order valence-corrected chi connectivity index (χ0v) is 15.6. The minimum Gasteiger partial charge on any atom is -0.321 e. The number of rotatable bonds is 8. The highest BCUT2D eigenvalue weighted by Gasteiger charge is 2.24. The highest BCUT2D eigenvalue weighted by atomic mass is 32.7. The Kier molecular flexibility index (Phi) is 8.39. The molecule has 2 amide bonds. The topological polar surface area (TPSA) is 78.4 Å². The molecule has 22 heavy (non-hydrogen) atoms. The van der Waals surface area contributed by atoms with Gasteiger partial charge >= 0.3 is 12.8 Å². The van der Waals surface area contributed by atoms with Crippen molar-refractivity contribution < 1.29 is 14.3 Å². The highest BCUT2D eigenvalue weighted by molar-refractivity contribution is 8.56. The average Bonchev–Trinajstić information content (AvgIpc) is 2.45. The van der Waals surface area contributed by atoms with E-state index in [0.717, 1.165) is 34.9 Å². The maximum absolute atomic E-state index is 11.9. The summed E-state index contributed by atoms with van der Waals surface area (Å²) in [6.45, 7) is 2.16. The lowest BCUT2D eigenvalue weighted by Gasteiger charge is -2.16. The minimum atomic E-state index is -3.73. The van der Waals surface area contributed by atoms with Crippen molar-refractivity contribution in [1.82, 2.24) is 5.09 Å². The van der Waals surface area contributed by atoms with Crippen LogP contribution >= 0.6 is 29.9 Å². The molecule has 2 unspecified atom stereocenters. The lowest BCUT2D eigenvalue weighted by atomic mass is 10.3. The summed E-state index contributed by atoms with van der Waals surface area (Å²) in [6, 6.07) is 6.73. The Bertz CT molecular complexity index is 525. The molecule has 0 saturated heterocycles. The first-order chi connectivity index (χ1) is 10.4. The second kappa shape index (κ2) is 9.50. The third-order valence-corrected chi connectivity index (χ3v) is 7.62. The van der Waals surface area contributed by atoms with Crippen LogP contribution in [-0.4, -0.2) is 21.9 Å². The summed E-state index contributed by atoms with van der Waals surface area (Å²) in [6.07, 6.45) is 1.86. The molecule has 0 aliphatic heterocycles. The van der Waals surface area contributed by atoms with Crippen molar-refractivity contribution in [2.45, 2.75) is 43.8 Å². The molecule has 0 saturated carbocycles. The standard InChI is InChI=1S/C14H23N2O3PS2/c1-4-10-21-13-8-6-12(7-9-13)15-14(17)16-20(18,19)22-11(3)5-2/h6-9,11H,4-5,10H2,1-3H3,(H3,15,16,17,18,19). The molecule has 0 heterocycles. The van der Waals surface area contributed by atoms with Crippen LogP contribution in [-0.2, 0) is 4.57 Å². The maximum Gasteiger partial charge on any atom is 0.352 e. The van der Waals surface area contributed by atoms with Crippen LogP contribution in [0.25, 0.3) is 0 Å². The van der Waals surface area contributed by atoms with Crippen molar-refractivity contribution in [3.8, 4) is 0 Å². The molecule has 3 N–H and O–H groups in total. The molecule has 1 aromatic carbocycles. The number of hydrogen-bond donors (Lipinski definition) is 3. The van der Waals surface area contributed by atoms with Crippen molar-refractivity contribution in [3.05, 3.63) is 24.3 Å². The molecular weight excluding hydrogens is 339 g/mol. The third-order valence-electron chi connectivity index (χ3n) is 2.73. The first-order valence-electron chi connectivity index (χ1n) is 7.19. The van der Waals surface area contributed by atoms with Crippen molar-refractivity contribution in [2.24, 2.45) is 0 Å². The SMILES string of the molecule is CCCSc1ccc(NC(=O)NP(=O)(O)SC(C)CC)cc1. The van der Waals surface area contributed by atoms with E-state index in [1.165, 1.54) is 0 Å². The lowest BCUT2D eigenvalue weighted by Crippen LogP contribution is -2.25. The second-order valence-electron chi connectivity index (χ2n) is 4.78. The molecule has 0 aromatic heterocycles. The summed E-state index contributed by atoms with van der Waals surface area (Å²) in [5.74, 6) is 1.05. The van der Waals surface area contributed by atoms with Crippen molar-refractivity contribution in [2.75, 3.05) is 11.1 Å². The van der Waals surface area contributed by atoms with Crippen LogP contribution < -0.4 is 10.4 Å². The predicted molar refractivity (Wildman–Crippen MR) is 96.8 cm³/mol. The van der Waals surface area contributed by atoms with E-state index in [4.69, 9.17) is 0 Å². The molecule has 0 fully saturated rings. The molecule has 1 rings (SSSR count). The van der Waals surface area contributed by atoms with Gasteiger partial charge < -0.3 is 10.2 Å². The predicted octanol–water partition coefficient (Wildman–Crippen LogP) is 4.94. The number of nitrogens with one attached hydrogen (secondary N) is 2. The van der Waals surface area contributed by atoms with Crippen LogP contribution in [0.1, 0.15) is 33.6 Å². The largest absolute Gasteiger partial charge is 0.352 e. The van der Waals surface area contributed by atoms with E-state index in [2.05, 4.69) is 17.3 Å². The first kappa shape index (κ1) is 19.4. The summed E-state index contributed by atoms with van der Waals surface area (Å²) in [4.78, 5) is 22.7. The van der Waals surface area contributed by atoms with Gasteiger partial charge in [0.15, 0.2) is 0 Å². The molecule has 0 aliphatic carbocycles. The van der Waals surface area contributed by atoms with Crippen molar-refractivity contribution in [1.29, 1.82) is 0 Å². The normalized spacial score (nSPS) is 14.9. The molecule has 0 aliphatic rings. The second-order valence-corrected chi connectivity index (χ2v) is 10.3. The van der Waals surface area contributed by atoms with Gasteiger partial charge in [-0.2, -0.15) is 0 Å². The number of hydrogen-bond acceptors (Lipinski definition) is 4. The van der Waals surface area contributed by atoms with E-state index in [9.17, 15) is 14.3 Å².